The van der Waals surface area contributed by atoms with Crippen LogP contribution in [0.2, 0.25) is 30.2 Å². The number of nitrogens with zero attached hydrogens (tertiary/aromatic N) is 5. The van der Waals surface area contributed by atoms with E-state index in [9.17, 15) is 0 Å². The van der Waals surface area contributed by atoms with E-state index in [1.54, 1.807) is 49.8 Å². The molecule has 0 rings (SSSR count). The molecule has 0 radical (unpaired) electrons. The molecule has 0 aromatic heterocycles. The van der Waals surface area contributed by atoms with Crippen LogP contribution in [-0.2, 0) is 47.4 Å². The van der Waals surface area contributed by atoms with Crippen molar-refractivity contribution in [2.75, 3.05) is 148 Å². The summed E-state index contributed by atoms with van der Waals surface area (Å²) >= 11 is 0. The number of hydrogen-bond acceptors (Lipinski definition) is 16. The van der Waals surface area contributed by atoms with Gasteiger partial charge in [-0.15, -0.1) is 0 Å². The molecule has 0 spiro atoms. The Kier molecular flexibility index (Phi) is 53.4. The number of unbranched alkanes of at least 4 members (excludes halogenated alkanes) is 10. The Morgan fingerprint density at radius 2 is 0.301 bits per heavy atom. The third-order valence-corrected chi connectivity index (χ3v) is 35.6. The first-order valence-corrected chi connectivity index (χ1v) is 44.2. The van der Waals surface area contributed by atoms with Gasteiger partial charge < -0.3 is 71.9 Å². The molecule has 500 valence electrons. The Balaban J connectivity index is 8.43. The van der Waals surface area contributed by atoms with Gasteiger partial charge in [0.1, 0.15) is 0 Å². The Bertz CT molecular complexity index is 1310. The van der Waals surface area contributed by atoms with E-state index in [1.807, 2.05) is 0 Å². The first-order valence-electron chi connectivity index (χ1n) is 34.5. The van der Waals surface area contributed by atoms with E-state index >= 15 is 0 Å². The summed E-state index contributed by atoms with van der Waals surface area (Å²) in [6.45, 7) is 38.0. The predicted octanol–water partition coefficient (Wildman–Crippen LogP) is 14.7. The molecule has 0 fully saturated rings. The lowest BCUT2D eigenvalue weighted by atomic mass is 10.2. The van der Waals surface area contributed by atoms with E-state index in [4.69, 9.17) is 47.4 Å². The van der Waals surface area contributed by atoms with Crippen molar-refractivity contribution in [1.82, 2.24) is 24.5 Å². The summed E-state index contributed by atoms with van der Waals surface area (Å²) in [7, 11) is -6.38. The fraction of sp³-hybridized carbons (Fsp3) is 1.00. The Morgan fingerprint density at radius 3 is 0.434 bits per heavy atom. The topological polar surface area (TPSA) is 118 Å². The lowest BCUT2D eigenvalue weighted by Gasteiger charge is -2.45. The minimum atomic E-state index is -3.98. The molecule has 0 amide bonds. The summed E-state index contributed by atoms with van der Waals surface area (Å²) < 4.78 is 78.6. The summed E-state index contributed by atoms with van der Waals surface area (Å²) in [6, 6.07) is 2.83. The Labute approximate surface area is 521 Å². The molecule has 83 heavy (non-hydrogen) atoms. The maximum absolute atomic E-state index is 7.97. The molecule has 0 aliphatic heterocycles. The third-order valence-electron chi connectivity index (χ3n) is 16.5. The fourth-order valence-electron chi connectivity index (χ4n) is 10.8. The first kappa shape index (κ1) is 83.4. The van der Waals surface area contributed by atoms with Crippen LogP contribution in [0.15, 0.2) is 0 Å². The average Bonchev–Trinajstić information content (AvgIpc) is 3.66. The molecular formula is C62H141N5O11Si5. The molecule has 0 aromatic rings. The van der Waals surface area contributed by atoms with Gasteiger partial charge in [0.2, 0.25) is 0 Å². The summed E-state index contributed by atoms with van der Waals surface area (Å²) in [5.74, 6) is 0. The van der Waals surface area contributed by atoms with E-state index in [0.717, 1.165) is 207 Å². The highest BCUT2D eigenvalue weighted by atomic mass is 28.5. The molecule has 0 aromatic carbocycles. The van der Waals surface area contributed by atoms with Gasteiger partial charge in [-0.25, -0.2) is 0 Å². The molecule has 0 saturated heterocycles. The van der Waals surface area contributed by atoms with Crippen LogP contribution in [0.1, 0.15) is 230 Å². The highest BCUT2D eigenvalue weighted by molar-refractivity contribution is 6.85. The average molecular weight is 1270 g/mol. The van der Waals surface area contributed by atoms with E-state index in [1.165, 1.54) is 51.4 Å². The zero-order chi connectivity index (χ0) is 62.0. The van der Waals surface area contributed by atoms with Gasteiger partial charge in [-0.3, -0.25) is 0 Å². The predicted molar refractivity (Wildman–Crippen MR) is 361 cm³/mol. The van der Waals surface area contributed by atoms with Crippen LogP contribution in [0.5, 0.6) is 0 Å². The molecule has 0 bridgehead atoms. The van der Waals surface area contributed by atoms with Crippen molar-refractivity contribution < 1.29 is 47.4 Å². The third kappa shape index (κ3) is 36.8. The van der Waals surface area contributed by atoms with Gasteiger partial charge in [-0.1, -0.05) is 133 Å². The quantitative estimate of drug-likeness (QED) is 0.0537. The molecule has 21 heteroatoms. The summed E-state index contributed by atoms with van der Waals surface area (Å²) in [5, 5.41) is 0. The van der Waals surface area contributed by atoms with Gasteiger partial charge >= 0.3 is 44.0 Å². The summed E-state index contributed by atoms with van der Waals surface area (Å²) in [5.41, 5.74) is 0. The zero-order valence-corrected chi connectivity index (χ0v) is 63.0. The Morgan fingerprint density at radius 1 is 0.181 bits per heavy atom. The van der Waals surface area contributed by atoms with Gasteiger partial charge in [0.05, 0.1) is 0 Å². The molecule has 2 unspecified atom stereocenters. The van der Waals surface area contributed by atoms with Crippen LogP contribution >= 0.6 is 0 Å². The molecule has 0 saturated carbocycles. The first-order chi connectivity index (χ1) is 40.2. The largest absolute Gasteiger partial charge is 0.493 e. The van der Waals surface area contributed by atoms with Gasteiger partial charge in [0.15, 0.2) is 0 Å². The van der Waals surface area contributed by atoms with Crippen molar-refractivity contribution in [3.63, 3.8) is 0 Å². The van der Waals surface area contributed by atoms with Gasteiger partial charge in [-0.05, 0) is 194 Å². The minimum Gasteiger partial charge on any atom is -0.378 e. The van der Waals surface area contributed by atoms with Crippen molar-refractivity contribution >= 4 is 44.0 Å². The molecule has 16 nitrogen and oxygen atoms in total. The molecular weight excluding hydrogens is 1130 g/mol. The highest BCUT2D eigenvalue weighted by Crippen LogP contribution is 2.37. The maximum Gasteiger partial charge on any atom is 0.493 e. The normalized spacial score (nSPS) is 15.0. The second-order valence-electron chi connectivity index (χ2n) is 23.5. The second-order valence-corrected chi connectivity index (χ2v) is 39.0. The Hall–Kier alpha value is 0.444. The molecule has 0 aliphatic rings. The van der Waals surface area contributed by atoms with E-state index in [0.29, 0.717) is 30.2 Å². The molecule has 0 aliphatic carbocycles. The smallest absolute Gasteiger partial charge is 0.378 e. The summed E-state index contributed by atoms with van der Waals surface area (Å²) in [4.78, 5) is 13.1. The van der Waals surface area contributed by atoms with Crippen LogP contribution < -0.4 is 0 Å². The molecule has 0 N–H and O–H groups in total. The minimum absolute atomic E-state index is 0.510. The monoisotopic (exact) mass is 1270 g/mol. The number of rotatable bonds is 65. The van der Waals surface area contributed by atoms with Crippen LogP contribution in [0.25, 0.3) is 0 Å². The van der Waals surface area contributed by atoms with Crippen molar-refractivity contribution in [2.24, 2.45) is 0 Å². The second kappa shape index (κ2) is 53.1. The van der Waals surface area contributed by atoms with Gasteiger partial charge in [0, 0.05) is 80.0 Å². The molecule has 2 atom stereocenters. The van der Waals surface area contributed by atoms with Crippen molar-refractivity contribution in [3.05, 3.63) is 0 Å². The van der Waals surface area contributed by atoms with Gasteiger partial charge in [0.25, 0.3) is 0 Å². The summed E-state index contributed by atoms with van der Waals surface area (Å²) in [6.07, 6.45) is 27.3. The van der Waals surface area contributed by atoms with Crippen molar-refractivity contribution in [1.29, 1.82) is 0 Å². The van der Waals surface area contributed by atoms with Crippen LogP contribution in [0.4, 0.5) is 0 Å². The lowest BCUT2D eigenvalue weighted by Crippen LogP contribution is -2.68. The molecule has 0 heterocycles. The highest BCUT2D eigenvalue weighted by Gasteiger charge is 2.63. The zero-order valence-electron chi connectivity index (χ0n) is 58.0. The van der Waals surface area contributed by atoms with E-state index < -0.39 is 44.0 Å². The van der Waals surface area contributed by atoms with Crippen LogP contribution in [0.3, 0.4) is 0 Å². The van der Waals surface area contributed by atoms with Crippen LogP contribution in [-0.4, -0.2) is 216 Å². The van der Waals surface area contributed by atoms with Gasteiger partial charge in [-0.2, -0.15) is 0 Å². The van der Waals surface area contributed by atoms with Crippen molar-refractivity contribution in [2.45, 2.75) is 260 Å². The van der Waals surface area contributed by atoms with Crippen molar-refractivity contribution in [3.8, 4) is 0 Å². The lowest BCUT2D eigenvalue weighted by molar-refractivity contribution is 0.0538. The standard InChI is InChI=1S/C62H141N5O11Si5/c1-18-28-43-63(44-29-19-2)53-38-58-79(68-11,69-12)75-81(72-15,60-40-55-65(47-32-22-5)48-33-23-6)77-83(74-17,62-42-57-67(51-36-26-9)52-37-27-10)78-82(73-16,61-41-56-66(49-34-24-7)50-35-25-8)76-80(70-13,71-14)59-39-54-64(45-30-20-3)46-31-21-4/h18-62H2,1-17H3. The van der Waals surface area contributed by atoms with E-state index in [-0.39, 0.29) is 0 Å². The SMILES string of the molecule is CCCCN(CCCC)CCC[Si](OC)(OC)O[Si](CCCN(CCCC)CCCC)(OC)O[Si](CCCN(CCCC)CCCC)(OC)O[Si](CCCN(CCCC)CCCC)(OC)O[Si](CCCN(CCCC)CCCC)(OC)OC. The number of hydrogen-bond donors (Lipinski definition) is 0. The van der Waals surface area contributed by atoms with E-state index in [2.05, 4.69) is 93.7 Å². The fourth-order valence-corrected chi connectivity index (χ4v) is 31.3. The van der Waals surface area contributed by atoms with Crippen LogP contribution in [0, 0.1) is 0 Å². The maximum atomic E-state index is 7.97.